The van der Waals surface area contributed by atoms with Gasteiger partial charge in [-0.3, -0.25) is 14.4 Å². The molecule has 1 aliphatic carbocycles. The van der Waals surface area contributed by atoms with Crippen molar-refractivity contribution in [2.75, 3.05) is 11.9 Å². The standard InChI is InChI=1S/C35H42N8O3/c1-21(2)37-34(45)28-14-17-30(22(3)18-28)25-8-4-23(5-9-25)19-31(39-33(44)27-10-6-24(20-36)7-11-27)35(46)38-29-15-12-26(13-16-29)32-40-42-43-41-32/h4-5,8-9,12-18,21,24,27,31H,6-7,10-11,19-20,36H2,1-3H3,(H,37,45)(H,38,46)(H,39,44)(H,40,41,42,43)/t24?,27?,31-/m0/s1. The van der Waals surface area contributed by atoms with Crippen LogP contribution in [0.2, 0.25) is 0 Å². The molecule has 240 valence electrons. The lowest BCUT2D eigenvalue weighted by Gasteiger charge is -2.28. The van der Waals surface area contributed by atoms with Gasteiger partial charge in [0.1, 0.15) is 6.04 Å². The lowest BCUT2D eigenvalue weighted by atomic mass is 9.81. The number of anilines is 1. The number of nitrogens with zero attached hydrogens (tertiary/aromatic N) is 3. The molecule has 1 aromatic heterocycles. The SMILES string of the molecule is Cc1cc(C(=O)NC(C)C)ccc1-c1ccc(C[C@H](NC(=O)C2CCC(CN)CC2)C(=O)Nc2ccc(-c3nn[nH]n3)cc2)cc1. The summed E-state index contributed by atoms with van der Waals surface area (Å²) in [5, 5.41) is 22.9. The van der Waals surface area contributed by atoms with Crippen molar-refractivity contribution in [3.8, 4) is 22.5 Å². The number of aryl methyl sites for hydroxylation is 1. The number of nitrogens with two attached hydrogens (primary N) is 1. The van der Waals surface area contributed by atoms with Crippen molar-refractivity contribution in [1.82, 2.24) is 31.3 Å². The smallest absolute Gasteiger partial charge is 0.251 e. The van der Waals surface area contributed by atoms with Crippen LogP contribution in [0, 0.1) is 18.8 Å². The molecule has 1 fully saturated rings. The summed E-state index contributed by atoms with van der Waals surface area (Å²) >= 11 is 0. The maximum Gasteiger partial charge on any atom is 0.251 e. The highest BCUT2D eigenvalue weighted by atomic mass is 16.2. The summed E-state index contributed by atoms with van der Waals surface area (Å²) in [4.78, 5) is 39.4. The minimum Gasteiger partial charge on any atom is -0.350 e. The summed E-state index contributed by atoms with van der Waals surface area (Å²) in [6, 6.07) is 20.1. The van der Waals surface area contributed by atoms with E-state index >= 15 is 0 Å². The summed E-state index contributed by atoms with van der Waals surface area (Å²) in [5.74, 6) is 0.279. The van der Waals surface area contributed by atoms with Gasteiger partial charge >= 0.3 is 0 Å². The fourth-order valence-electron chi connectivity index (χ4n) is 5.91. The molecule has 11 nitrogen and oxygen atoms in total. The third-order valence-electron chi connectivity index (χ3n) is 8.55. The van der Waals surface area contributed by atoms with Crippen molar-refractivity contribution in [2.45, 2.75) is 65.0 Å². The first-order valence-electron chi connectivity index (χ1n) is 15.9. The monoisotopic (exact) mass is 622 g/mol. The third-order valence-corrected chi connectivity index (χ3v) is 8.55. The van der Waals surface area contributed by atoms with Crippen molar-refractivity contribution in [3.63, 3.8) is 0 Å². The van der Waals surface area contributed by atoms with E-state index in [9.17, 15) is 14.4 Å². The maximum atomic E-state index is 13.6. The van der Waals surface area contributed by atoms with Gasteiger partial charge in [-0.2, -0.15) is 5.21 Å². The highest BCUT2D eigenvalue weighted by Gasteiger charge is 2.29. The zero-order valence-corrected chi connectivity index (χ0v) is 26.5. The molecule has 1 saturated carbocycles. The summed E-state index contributed by atoms with van der Waals surface area (Å²) in [7, 11) is 0. The quantitative estimate of drug-likeness (QED) is 0.165. The first-order chi connectivity index (χ1) is 22.2. The molecule has 0 unspecified atom stereocenters. The molecule has 3 aromatic carbocycles. The molecular weight excluding hydrogens is 580 g/mol. The van der Waals surface area contributed by atoms with Gasteiger partial charge in [0.25, 0.3) is 5.91 Å². The van der Waals surface area contributed by atoms with Crippen LogP contribution >= 0.6 is 0 Å². The number of aromatic nitrogens is 4. The van der Waals surface area contributed by atoms with E-state index in [0.717, 1.165) is 53.5 Å². The molecule has 46 heavy (non-hydrogen) atoms. The molecule has 5 rings (SSSR count). The van der Waals surface area contributed by atoms with Crippen LogP contribution in [0.25, 0.3) is 22.5 Å². The second-order valence-corrected chi connectivity index (χ2v) is 12.4. The minimum atomic E-state index is -0.775. The van der Waals surface area contributed by atoms with Gasteiger partial charge in [-0.1, -0.05) is 30.3 Å². The van der Waals surface area contributed by atoms with Gasteiger partial charge in [0.15, 0.2) is 0 Å². The van der Waals surface area contributed by atoms with Gasteiger partial charge in [-0.25, -0.2) is 0 Å². The van der Waals surface area contributed by atoms with Crippen LogP contribution in [0.1, 0.15) is 61.0 Å². The fraction of sp³-hybridized carbons (Fsp3) is 0.371. The van der Waals surface area contributed by atoms with Crippen LogP contribution in [0.4, 0.5) is 5.69 Å². The largest absolute Gasteiger partial charge is 0.350 e. The number of carbonyl (C=O) groups excluding carboxylic acids is 3. The normalized spacial score (nSPS) is 16.9. The van der Waals surface area contributed by atoms with Gasteiger partial charge in [-0.15, -0.1) is 10.2 Å². The molecule has 0 saturated heterocycles. The lowest BCUT2D eigenvalue weighted by molar-refractivity contribution is -0.130. The van der Waals surface area contributed by atoms with Gasteiger partial charge < -0.3 is 21.7 Å². The first-order valence-corrected chi connectivity index (χ1v) is 15.9. The Morgan fingerprint density at radius 1 is 0.913 bits per heavy atom. The number of tetrazole rings is 1. The molecule has 11 heteroatoms. The Labute approximate surface area is 269 Å². The molecule has 6 N–H and O–H groups in total. The van der Waals surface area contributed by atoms with E-state index in [-0.39, 0.29) is 29.7 Å². The average Bonchev–Trinajstić information content (AvgIpc) is 3.60. The summed E-state index contributed by atoms with van der Waals surface area (Å²) in [6.07, 6.45) is 3.70. The molecule has 1 atom stereocenters. The second kappa shape index (κ2) is 14.9. The minimum absolute atomic E-state index is 0.0604. The molecule has 1 heterocycles. The highest BCUT2D eigenvalue weighted by Crippen LogP contribution is 2.29. The number of hydrogen-bond donors (Lipinski definition) is 5. The first kappa shape index (κ1) is 32.5. The van der Waals surface area contributed by atoms with Crippen LogP contribution in [0.5, 0.6) is 0 Å². The predicted molar refractivity (Wildman–Crippen MR) is 178 cm³/mol. The van der Waals surface area contributed by atoms with Gasteiger partial charge in [0.2, 0.25) is 17.6 Å². The van der Waals surface area contributed by atoms with E-state index in [1.165, 1.54) is 0 Å². The molecular formula is C35H42N8O3. The Morgan fingerprint density at radius 3 is 2.22 bits per heavy atom. The Hall–Kier alpha value is -4.90. The molecule has 0 spiro atoms. The summed E-state index contributed by atoms with van der Waals surface area (Å²) in [5.41, 5.74) is 11.7. The molecule has 0 bridgehead atoms. The zero-order valence-electron chi connectivity index (χ0n) is 26.5. The predicted octanol–water partition coefficient (Wildman–Crippen LogP) is 4.41. The Bertz CT molecular complexity index is 1630. The van der Waals surface area contributed by atoms with E-state index in [4.69, 9.17) is 5.73 Å². The van der Waals surface area contributed by atoms with Gasteiger partial charge in [0, 0.05) is 35.2 Å². The van der Waals surface area contributed by atoms with Crippen molar-refractivity contribution < 1.29 is 14.4 Å². The fourth-order valence-corrected chi connectivity index (χ4v) is 5.91. The second-order valence-electron chi connectivity index (χ2n) is 12.4. The Balaban J connectivity index is 1.30. The van der Waals surface area contributed by atoms with Crippen molar-refractivity contribution in [2.24, 2.45) is 17.6 Å². The van der Waals surface area contributed by atoms with E-state index < -0.39 is 6.04 Å². The van der Waals surface area contributed by atoms with E-state index in [2.05, 4.69) is 36.6 Å². The number of rotatable bonds is 11. The number of amides is 3. The molecule has 0 radical (unpaired) electrons. The van der Waals surface area contributed by atoms with Crippen LogP contribution in [0.15, 0.2) is 66.7 Å². The number of nitrogens with one attached hydrogen (secondary N) is 4. The maximum absolute atomic E-state index is 13.6. The summed E-state index contributed by atoms with van der Waals surface area (Å²) < 4.78 is 0. The van der Waals surface area contributed by atoms with Crippen molar-refractivity contribution in [3.05, 3.63) is 83.4 Å². The van der Waals surface area contributed by atoms with Crippen LogP contribution in [-0.4, -0.2) is 57.0 Å². The van der Waals surface area contributed by atoms with E-state index in [1.54, 1.807) is 24.3 Å². The number of hydrogen-bond acceptors (Lipinski definition) is 7. The van der Waals surface area contributed by atoms with E-state index in [1.807, 2.05) is 63.2 Å². The molecule has 4 aromatic rings. The number of aromatic amines is 1. The Morgan fingerprint density at radius 2 is 1.61 bits per heavy atom. The molecule has 3 amide bonds. The number of H-pyrrole nitrogens is 1. The third kappa shape index (κ3) is 8.22. The zero-order chi connectivity index (χ0) is 32.6. The summed E-state index contributed by atoms with van der Waals surface area (Å²) in [6.45, 7) is 6.49. The molecule has 1 aliphatic rings. The molecule has 0 aliphatic heterocycles. The van der Waals surface area contributed by atoms with Gasteiger partial charge in [0.05, 0.1) is 0 Å². The topological polar surface area (TPSA) is 168 Å². The average molecular weight is 623 g/mol. The van der Waals surface area contributed by atoms with Gasteiger partial charge in [-0.05, 0) is 123 Å². The van der Waals surface area contributed by atoms with Crippen LogP contribution < -0.4 is 21.7 Å². The highest BCUT2D eigenvalue weighted by molar-refractivity contribution is 5.98. The number of carbonyl (C=O) groups is 3. The van der Waals surface area contributed by atoms with Crippen LogP contribution in [0.3, 0.4) is 0 Å². The van der Waals surface area contributed by atoms with Crippen LogP contribution in [-0.2, 0) is 16.0 Å². The van der Waals surface area contributed by atoms with E-state index in [0.29, 0.717) is 36.0 Å². The Kier molecular flexibility index (Phi) is 10.5. The lowest BCUT2D eigenvalue weighted by Crippen LogP contribution is -2.48. The van der Waals surface area contributed by atoms with Crippen molar-refractivity contribution in [1.29, 1.82) is 0 Å². The number of benzene rings is 3. The van der Waals surface area contributed by atoms with Crippen molar-refractivity contribution >= 4 is 23.4 Å².